The van der Waals surface area contributed by atoms with Gasteiger partial charge in [-0.05, 0) is 31.2 Å². The first-order chi connectivity index (χ1) is 10.5. The molecule has 5 heteroatoms. The third-order valence-electron chi connectivity index (χ3n) is 3.31. The quantitative estimate of drug-likeness (QED) is 0.726. The number of ketones is 1. The molecule has 0 aliphatic rings. The summed E-state index contributed by atoms with van der Waals surface area (Å²) in [5.41, 5.74) is 1.82. The molecular weight excluding hydrogens is 286 g/mol. The van der Waals surface area contributed by atoms with E-state index in [4.69, 9.17) is 0 Å². The Bertz CT molecular complexity index is 878. The van der Waals surface area contributed by atoms with Crippen LogP contribution < -0.4 is 5.32 Å². The van der Waals surface area contributed by atoms with E-state index in [1.165, 1.54) is 19.2 Å². The van der Waals surface area contributed by atoms with Crippen molar-refractivity contribution in [1.82, 2.24) is 4.98 Å². The highest BCUT2D eigenvalue weighted by Gasteiger charge is 2.09. The van der Waals surface area contributed by atoms with Crippen LogP contribution in [0.25, 0.3) is 10.9 Å². The summed E-state index contributed by atoms with van der Waals surface area (Å²) in [7, 11) is 0. The van der Waals surface area contributed by atoms with E-state index >= 15 is 0 Å². The average Bonchev–Trinajstić information content (AvgIpc) is 2.48. The van der Waals surface area contributed by atoms with Crippen molar-refractivity contribution in [3.05, 3.63) is 65.9 Å². The van der Waals surface area contributed by atoms with Gasteiger partial charge in [-0.25, -0.2) is 8.78 Å². The zero-order valence-corrected chi connectivity index (χ0v) is 11.7. The van der Waals surface area contributed by atoms with Crippen molar-refractivity contribution in [2.75, 3.05) is 5.32 Å². The lowest BCUT2D eigenvalue weighted by molar-refractivity contribution is 0.101. The maximum absolute atomic E-state index is 13.8. The molecule has 3 aromatic rings. The van der Waals surface area contributed by atoms with E-state index in [9.17, 15) is 13.6 Å². The standard InChI is InChI=1S/C17H12F2N2O/c1-10(22)11-3-2-4-13(7-11)21-16-5-6-20-17-14(16)8-12(18)9-15(17)19/h2-9H,1H3,(H,20,21). The highest BCUT2D eigenvalue weighted by atomic mass is 19.1. The lowest BCUT2D eigenvalue weighted by Gasteiger charge is -2.10. The molecule has 0 amide bonds. The van der Waals surface area contributed by atoms with Gasteiger partial charge >= 0.3 is 0 Å². The third-order valence-corrected chi connectivity index (χ3v) is 3.31. The molecule has 0 atom stereocenters. The number of hydrogen-bond acceptors (Lipinski definition) is 3. The number of rotatable bonds is 3. The first-order valence-corrected chi connectivity index (χ1v) is 6.66. The van der Waals surface area contributed by atoms with Crippen LogP contribution in [0.15, 0.2) is 48.7 Å². The van der Waals surface area contributed by atoms with Crippen molar-refractivity contribution in [2.45, 2.75) is 6.92 Å². The smallest absolute Gasteiger partial charge is 0.159 e. The van der Waals surface area contributed by atoms with Crippen LogP contribution in [0.1, 0.15) is 17.3 Å². The second-order valence-electron chi connectivity index (χ2n) is 4.90. The number of halogens is 2. The van der Waals surface area contributed by atoms with E-state index in [0.29, 0.717) is 22.3 Å². The number of anilines is 2. The topological polar surface area (TPSA) is 42.0 Å². The van der Waals surface area contributed by atoms with Gasteiger partial charge in [0.25, 0.3) is 0 Å². The summed E-state index contributed by atoms with van der Waals surface area (Å²) in [6.07, 6.45) is 1.44. The minimum Gasteiger partial charge on any atom is -0.355 e. The third kappa shape index (κ3) is 2.65. The van der Waals surface area contributed by atoms with Crippen LogP contribution in [-0.2, 0) is 0 Å². The average molecular weight is 298 g/mol. The fraction of sp³-hybridized carbons (Fsp3) is 0.0588. The molecule has 0 aliphatic carbocycles. The number of fused-ring (bicyclic) bond motifs is 1. The van der Waals surface area contributed by atoms with Crippen LogP contribution >= 0.6 is 0 Å². The van der Waals surface area contributed by atoms with Gasteiger partial charge in [-0.3, -0.25) is 9.78 Å². The van der Waals surface area contributed by atoms with Crippen LogP contribution in [0.3, 0.4) is 0 Å². The van der Waals surface area contributed by atoms with Crippen LogP contribution in [0.5, 0.6) is 0 Å². The first kappa shape index (κ1) is 14.1. The van der Waals surface area contributed by atoms with E-state index < -0.39 is 11.6 Å². The molecule has 0 aliphatic heterocycles. The van der Waals surface area contributed by atoms with Crippen molar-refractivity contribution in [1.29, 1.82) is 0 Å². The summed E-state index contributed by atoms with van der Waals surface area (Å²) in [5, 5.41) is 3.41. The molecule has 0 saturated carbocycles. The fourth-order valence-electron chi connectivity index (χ4n) is 2.26. The number of aromatic nitrogens is 1. The minimum absolute atomic E-state index is 0.0553. The van der Waals surface area contributed by atoms with Gasteiger partial charge < -0.3 is 5.32 Å². The molecule has 0 fully saturated rings. The molecule has 3 rings (SSSR count). The molecule has 1 N–H and O–H groups in total. The van der Waals surface area contributed by atoms with Gasteiger partial charge in [-0.2, -0.15) is 0 Å². The molecule has 0 unspecified atom stereocenters. The largest absolute Gasteiger partial charge is 0.355 e. The number of nitrogens with one attached hydrogen (secondary N) is 1. The van der Waals surface area contributed by atoms with Crippen LogP contribution in [0.2, 0.25) is 0 Å². The molecular formula is C17H12F2N2O. The van der Waals surface area contributed by atoms with E-state index in [0.717, 1.165) is 6.07 Å². The second kappa shape index (κ2) is 5.52. The Morgan fingerprint density at radius 2 is 1.95 bits per heavy atom. The Labute approximate surface area is 125 Å². The van der Waals surface area contributed by atoms with Crippen molar-refractivity contribution in [3.63, 3.8) is 0 Å². The Kier molecular flexibility index (Phi) is 3.55. The molecule has 22 heavy (non-hydrogen) atoms. The normalized spacial score (nSPS) is 10.7. The van der Waals surface area contributed by atoms with E-state index in [1.807, 2.05) is 0 Å². The number of hydrogen-bond donors (Lipinski definition) is 1. The lowest BCUT2D eigenvalue weighted by Crippen LogP contribution is -1.97. The molecule has 1 heterocycles. The van der Waals surface area contributed by atoms with Gasteiger partial charge in [-0.1, -0.05) is 12.1 Å². The van der Waals surface area contributed by atoms with E-state index in [2.05, 4.69) is 10.3 Å². The van der Waals surface area contributed by atoms with Gasteiger partial charge in [0.2, 0.25) is 0 Å². The zero-order chi connectivity index (χ0) is 15.7. The van der Waals surface area contributed by atoms with Crippen molar-refractivity contribution >= 4 is 28.1 Å². The van der Waals surface area contributed by atoms with E-state index in [-0.39, 0.29) is 11.3 Å². The molecule has 0 saturated heterocycles. The molecule has 2 aromatic carbocycles. The van der Waals surface area contributed by atoms with Crippen molar-refractivity contribution in [3.8, 4) is 0 Å². The minimum atomic E-state index is -0.712. The van der Waals surface area contributed by atoms with Gasteiger partial charge in [0, 0.05) is 34.6 Å². The number of benzene rings is 2. The Morgan fingerprint density at radius 1 is 1.14 bits per heavy atom. The fourth-order valence-corrected chi connectivity index (χ4v) is 2.26. The predicted molar refractivity (Wildman–Crippen MR) is 81.4 cm³/mol. The second-order valence-corrected chi connectivity index (χ2v) is 4.90. The molecule has 0 spiro atoms. The number of carbonyl (C=O) groups excluding carboxylic acids is 1. The van der Waals surface area contributed by atoms with Crippen molar-refractivity contribution < 1.29 is 13.6 Å². The number of carbonyl (C=O) groups is 1. The number of Topliss-reactive ketones (excluding diaryl/α,β-unsaturated/α-hetero) is 1. The molecule has 0 bridgehead atoms. The maximum atomic E-state index is 13.8. The number of nitrogens with zero attached hydrogens (tertiary/aromatic N) is 1. The zero-order valence-electron chi connectivity index (χ0n) is 11.7. The van der Waals surface area contributed by atoms with Crippen LogP contribution in [-0.4, -0.2) is 10.8 Å². The van der Waals surface area contributed by atoms with E-state index in [1.54, 1.807) is 30.3 Å². The van der Waals surface area contributed by atoms with Gasteiger partial charge in [0.1, 0.15) is 11.3 Å². The Hall–Kier alpha value is -2.82. The summed E-state index contributed by atoms with van der Waals surface area (Å²) in [6, 6.07) is 10.6. The summed E-state index contributed by atoms with van der Waals surface area (Å²) in [5.74, 6) is -1.44. The summed E-state index contributed by atoms with van der Waals surface area (Å²) in [4.78, 5) is 15.3. The molecule has 110 valence electrons. The Morgan fingerprint density at radius 3 is 2.73 bits per heavy atom. The molecule has 1 aromatic heterocycles. The lowest BCUT2D eigenvalue weighted by atomic mass is 10.1. The van der Waals surface area contributed by atoms with Crippen molar-refractivity contribution in [2.24, 2.45) is 0 Å². The predicted octanol–water partition coefficient (Wildman–Crippen LogP) is 4.46. The molecule has 0 radical (unpaired) electrons. The van der Waals surface area contributed by atoms with Crippen LogP contribution in [0.4, 0.5) is 20.2 Å². The highest BCUT2D eigenvalue weighted by molar-refractivity contribution is 5.96. The monoisotopic (exact) mass is 298 g/mol. The SMILES string of the molecule is CC(=O)c1cccc(Nc2ccnc3c(F)cc(F)cc23)c1. The number of pyridine rings is 1. The maximum Gasteiger partial charge on any atom is 0.159 e. The molecule has 3 nitrogen and oxygen atoms in total. The summed E-state index contributed by atoms with van der Waals surface area (Å²) < 4.78 is 27.2. The summed E-state index contributed by atoms with van der Waals surface area (Å²) >= 11 is 0. The first-order valence-electron chi connectivity index (χ1n) is 6.66. The van der Waals surface area contributed by atoms with Gasteiger partial charge in [0.05, 0.1) is 0 Å². The summed E-state index contributed by atoms with van der Waals surface area (Å²) in [6.45, 7) is 1.48. The van der Waals surface area contributed by atoms with Crippen LogP contribution in [0, 0.1) is 11.6 Å². The van der Waals surface area contributed by atoms with Gasteiger partial charge in [-0.15, -0.1) is 0 Å². The Balaban J connectivity index is 2.08. The van der Waals surface area contributed by atoms with Gasteiger partial charge in [0.15, 0.2) is 11.6 Å². The highest BCUT2D eigenvalue weighted by Crippen LogP contribution is 2.27.